The first-order valence-electron chi connectivity index (χ1n) is 4.52. The Labute approximate surface area is 72.5 Å². The molecule has 0 bridgehead atoms. The van der Waals surface area contributed by atoms with Gasteiger partial charge in [0.1, 0.15) is 0 Å². The molecule has 2 unspecified atom stereocenters. The van der Waals surface area contributed by atoms with Gasteiger partial charge in [0.2, 0.25) is 0 Å². The smallest absolute Gasteiger partial charge is 0.0326 e. The highest BCUT2D eigenvalue weighted by Gasteiger charge is 2.25. The van der Waals surface area contributed by atoms with Crippen molar-refractivity contribution >= 4 is 11.8 Å². The average Bonchev–Trinajstić information content (AvgIpc) is 2.58. The van der Waals surface area contributed by atoms with Crippen molar-refractivity contribution in [1.29, 1.82) is 0 Å². The van der Waals surface area contributed by atoms with E-state index in [2.05, 4.69) is 22.4 Å². The van der Waals surface area contributed by atoms with Gasteiger partial charge < -0.3 is 10.6 Å². The predicted molar refractivity (Wildman–Crippen MR) is 50.1 cm³/mol. The predicted octanol–water partition coefficient (Wildman–Crippen LogP) is 0.443. The van der Waals surface area contributed by atoms with Crippen LogP contribution in [0.3, 0.4) is 0 Å². The van der Waals surface area contributed by atoms with Gasteiger partial charge >= 0.3 is 0 Å². The van der Waals surface area contributed by atoms with Crippen molar-refractivity contribution in [1.82, 2.24) is 10.6 Å². The summed E-state index contributed by atoms with van der Waals surface area (Å²) in [6, 6.07) is 0.799. The van der Waals surface area contributed by atoms with E-state index in [1.54, 1.807) is 0 Å². The lowest BCUT2D eigenvalue weighted by atomic mass is 10.1. The van der Waals surface area contributed by atoms with E-state index >= 15 is 0 Å². The average molecular weight is 172 g/mol. The van der Waals surface area contributed by atoms with Crippen LogP contribution in [0, 0.1) is 0 Å². The summed E-state index contributed by atoms with van der Waals surface area (Å²) in [5, 5.41) is 7.86. The van der Waals surface area contributed by atoms with Crippen LogP contribution in [0.4, 0.5) is 0 Å². The van der Waals surface area contributed by atoms with Crippen molar-refractivity contribution in [2.45, 2.75) is 24.1 Å². The first-order chi connectivity index (χ1) is 5.47. The number of hydrogen-bond acceptors (Lipinski definition) is 3. The topological polar surface area (TPSA) is 24.1 Å². The Morgan fingerprint density at radius 3 is 2.91 bits per heavy atom. The minimum absolute atomic E-state index is 0.799. The summed E-state index contributed by atoms with van der Waals surface area (Å²) in [7, 11) is 0. The number of nitrogens with one attached hydrogen (secondary N) is 2. The highest BCUT2D eigenvalue weighted by atomic mass is 32.2. The summed E-state index contributed by atoms with van der Waals surface area (Å²) in [6.45, 7) is 3.65. The first-order valence-corrected chi connectivity index (χ1v) is 5.57. The van der Waals surface area contributed by atoms with E-state index in [0.29, 0.717) is 0 Å². The molecule has 2 saturated heterocycles. The van der Waals surface area contributed by atoms with Crippen molar-refractivity contribution in [3.8, 4) is 0 Å². The fraction of sp³-hybridized carbons (Fsp3) is 1.00. The van der Waals surface area contributed by atoms with Crippen LogP contribution in [-0.4, -0.2) is 36.7 Å². The maximum absolute atomic E-state index is 3.57. The highest BCUT2D eigenvalue weighted by Crippen LogP contribution is 2.22. The van der Waals surface area contributed by atoms with E-state index in [1.807, 2.05) is 0 Å². The summed E-state index contributed by atoms with van der Waals surface area (Å²) < 4.78 is 0. The lowest BCUT2D eigenvalue weighted by Crippen LogP contribution is -2.43. The first kappa shape index (κ1) is 7.90. The second-order valence-electron chi connectivity index (χ2n) is 3.32. The molecule has 0 aromatic carbocycles. The van der Waals surface area contributed by atoms with Gasteiger partial charge in [-0.1, -0.05) is 0 Å². The van der Waals surface area contributed by atoms with Gasteiger partial charge in [-0.05, 0) is 19.4 Å². The Morgan fingerprint density at radius 2 is 2.27 bits per heavy atom. The molecule has 0 spiro atoms. The van der Waals surface area contributed by atoms with E-state index in [9.17, 15) is 0 Å². The second-order valence-corrected chi connectivity index (χ2v) is 4.66. The number of thioether (sulfide) groups is 1. The highest BCUT2D eigenvalue weighted by molar-refractivity contribution is 8.00. The molecule has 2 heterocycles. The Kier molecular flexibility index (Phi) is 2.72. The molecule has 2 nitrogen and oxygen atoms in total. The van der Waals surface area contributed by atoms with E-state index in [1.165, 1.54) is 38.2 Å². The summed E-state index contributed by atoms with van der Waals surface area (Å²) in [5.74, 6) is 1.29. The normalized spacial score (nSPS) is 39.3. The van der Waals surface area contributed by atoms with Gasteiger partial charge in [0.15, 0.2) is 0 Å². The molecule has 2 aliphatic rings. The van der Waals surface area contributed by atoms with Gasteiger partial charge in [0.05, 0.1) is 0 Å². The van der Waals surface area contributed by atoms with Crippen LogP contribution in [0.2, 0.25) is 0 Å². The van der Waals surface area contributed by atoms with Crippen LogP contribution >= 0.6 is 11.8 Å². The zero-order chi connectivity index (χ0) is 7.52. The van der Waals surface area contributed by atoms with Crippen LogP contribution in [0.1, 0.15) is 12.8 Å². The minimum Gasteiger partial charge on any atom is -0.315 e. The van der Waals surface area contributed by atoms with Gasteiger partial charge in [0.25, 0.3) is 0 Å². The van der Waals surface area contributed by atoms with Crippen LogP contribution in [0.25, 0.3) is 0 Å². The Balaban J connectivity index is 1.82. The van der Waals surface area contributed by atoms with Crippen LogP contribution in [-0.2, 0) is 0 Å². The largest absolute Gasteiger partial charge is 0.315 e. The van der Waals surface area contributed by atoms with Gasteiger partial charge in [0, 0.05) is 30.1 Å². The molecule has 0 aliphatic carbocycles. The maximum Gasteiger partial charge on any atom is 0.0326 e. The Hall–Kier alpha value is 0.270. The molecule has 64 valence electrons. The van der Waals surface area contributed by atoms with Gasteiger partial charge in [-0.15, -0.1) is 0 Å². The fourth-order valence-electron chi connectivity index (χ4n) is 1.87. The lowest BCUT2D eigenvalue weighted by molar-refractivity contribution is 0.534. The fourth-order valence-corrected chi connectivity index (χ4v) is 3.14. The molecule has 2 atom stereocenters. The summed E-state index contributed by atoms with van der Waals surface area (Å²) in [4.78, 5) is 0. The van der Waals surface area contributed by atoms with E-state index in [0.717, 1.165) is 11.3 Å². The summed E-state index contributed by atoms with van der Waals surface area (Å²) in [5.41, 5.74) is 0. The van der Waals surface area contributed by atoms with E-state index < -0.39 is 0 Å². The molecule has 2 rings (SSSR count). The summed E-state index contributed by atoms with van der Waals surface area (Å²) >= 11 is 2.14. The molecule has 2 fully saturated rings. The van der Waals surface area contributed by atoms with Crippen molar-refractivity contribution in [2.75, 3.05) is 25.4 Å². The number of hydrogen-bond donors (Lipinski definition) is 2. The van der Waals surface area contributed by atoms with Gasteiger partial charge in [-0.2, -0.15) is 11.8 Å². The molecule has 3 heteroatoms. The van der Waals surface area contributed by atoms with Crippen molar-refractivity contribution in [3.05, 3.63) is 0 Å². The van der Waals surface area contributed by atoms with Crippen molar-refractivity contribution in [2.24, 2.45) is 0 Å². The molecule has 0 radical (unpaired) electrons. The second kappa shape index (κ2) is 3.78. The zero-order valence-corrected chi connectivity index (χ0v) is 7.62. The number of rotatable bonds is 1. The van der Waals surface area contributed by atoms with Crippen LogP contribution in [0.5, 0.6) is 0 Å². The Bertz CT molecular complexity index is 117. The van der Waals surface area contributed by atoms with E-state index in [-0.39, 0.29) is 0 Å². The molecular formula is C8H16N2S. The van der Waals surface area contributed by atoms with E-state index in [4.69, 9.17) is 0 Å². The molecule has 0 amide bonds. The van der Waals surface area contributed by atoms with Crippen LogP contribution < -0.4 is 10.6 Å². The SMILES string of the molecule is C1CNC(C2CNCCS2)C1. The standard InChI is InChI=1S/C8H16N2S/c1-2-7(10-3-1)8-6-9-4-5-11-8/h7-10H,1-6H2. The molecule has 0 aromatic heterocycles. The van der Waals surface area contributed by atoms with Crippen molar-refractivity contribution < 1.29 is 0 Å². The van der Waals surface area contributed by atoms with Gasteiger partial charge in [-0.25, -0.2) is 0 Å². The molecule has 2 aliphatic heterocycles. The molecule has 2 N–H and O–H groups in total. The van der Waals surface area contributed by atoms with Gasteiger partial charge in [-0.3, -0.25) is 0 Å². The molecule has 11 heavy (non-hydrogen) atoms. The third-order valence-electron chi connectivity index (χ3n) is 2.50. The third-order valence-corrected chi connectivity index (χ3v) is 3.87. The minimum atomic E-state index is 0.799. The van der Waals surface area contributed by atoms with Crippen LogP contribution in [0.15, 0.2) is 0 Å². The third kappa shape index (κ3) is 1.89. The van der Waals surface area contributed by atoms with Crippen molar-refractivity contribution in [3.63, 3.8) is 0 Å². The molecule has 0 aromatic rings. The summed E-state index contributed by atoms with van der Waals surface area (Å²) in [6.07, 6.45) is 2.76. The molecule has 0 saturated carbocycles. The molecular weight excluding hydrogens is 156 g/mol. The monoisotopic (exact) mass is 172 g/mol. The maximum atomic E-state index is 3.57. The Morgan fingerprint density at radius 1 is 1.27 bits per heavy atom. The quantitative estimate of drug-likeness (QED) is 0.600. The zero-order valence-electron chi connectivity index (χ0n) is 6.81. The lowest BCUT2D eigenvalue weighted by Gasteiger charge is -2.27.